The normalized spacial score (nSPS) is 19.9. The van der Waals surface area contributed by atoms with Gasteiger partial charge in [0.05, 0.1) is 6.20 Å². The van der Waals surface area contributed by atoms with E-state index in [0.29, 0.717) is 5.41 Å². The van der Waals surface area contributed by atoms with Gasteiger partial charge >= 0.3 is 0 Å². The zero-order chi connectivity index (χ0) is 8.60. The topological polar surface area (TPSA) is 30.7 Å². The van der Waals surface area contributed by atoms with Gasteiger partial charge in [-0.25, -0.2) is 0 Å². The second kappa shape index (κ2) is 2.57. The summed E-state index contributed by atoms with van der Waals surface area (Å²) < 4.78 is 1.95. The minimum absolute atomic E-state index is 0.535. The molecule has 0 bridgehead atoms. The maximum Gasteiger partial charge on any atom is 0.0692 e. The van der Waals surface area contributed by atoms with Gasteiger partial charge in [0.15, 0.2) is 0 Å². The van der Waals surface area contributed by atoms with E-state index in [9.17, 15) is 0 Å². The number of nitrogens with zero attached hydrogens (tertiary/aromatic N) is 3. The Morgan fingerprint density at radius 1 is 1.50 bits per heavy atom. The van der Waals surface area contributed by atoms with Crippen molar-refractivity contribution < 1.29 is 0 Å². The first-order valence-electron chi connectivity index (χ1n) is 4.57. The lowest BCUT2D eigenvalue weighted by atomic mass is 9.92. The molecule has 0 saturated heterocycles. The average Bonchev–Trinajstić information content (AvgIpc) is 2.60. The molecule has 1 heterocycles. The van der Waals surface area contributed by atoms with Crippen molar-refractivity contribution in [3.63, 3.8) is 0 Å². The van der Waals surface area contributed by atoms with E-state index < -0.39 is 0 Å². The molecule has 0 aliphatic heterocycles. The summed E-state index contributed by atoms with van der Waals surface area (Å²) in [7, 11) is 0. The Hall–Kier alpha value is -0.860. The fraction of sp³-hybridized carbons (Fsp3) is 0.778. The van der Waals surface area contributed by atoms with Crippen LogP contribution in [0.5, 0.6) is 0 Å². The summed E-state index contributed by atoms with van der Waals surface area (Å²) in [6.07, 6.45) is 6.40. The predicted octanol–water partition coefficient (Wildman–Crippen LogP) is 1.71. The van der Waals surface area contributed by atoms with Crippen LogP contribution in [0, 0.1) is 11.3 Å². The number of hydrogen-bond acceptors (Lipinski definition) is 2. The fourth-order valence-electron chi connectivity index (χ4n) is 1.72. The van der Waals surface area contributed by atoms with E-state index in [4.69, 9.17) is 0 Å². The highest BCUT2D eigenvalue weighted by molar-refractivity contribution is 4.95. The van der Waals surface area contributed by atoms with E-state index in [1.165, 1.54) is 12.8 Å². The van der Waals surface area contributed by atoms with Crippen LogP contribution in [0.4, 0.5) is 0 Å². The molecule has 0 N–H and O–H groups in total. The van der Waals surface area contributed by atoms with Gasteiger partial charge in [-0.3, -0.25) is 4.68 Å². The van der Waals surface area contributed by atoms with Crippen LogP contribution in [0.2, 0.25) is 0 Å². The zero-order valence-electron chi connectivity index (χ0n) is 7.70. The molecule has 0 spiro atoms. The van der Waals surface area contributed by atoms with Crippen LogP contribution in [0.1, 0.15) is 26.7 Å². The maximum atomic E-state index is 3.99. The summed E-state index contributed by atoms with van der Waals surface area (Å²) in [6, 6.07) is 0. The molecule has 1 aliphatic carbocycles. The Kier molecular flexibility index (Phi) is 1.67. The van der Waals surface area contributed by atoms with Gasteiger partial charge in [-0.05, 0) is 24.2 Å². The summed E-state index contributed by atoms with van der Waals surface area (Å²) in [5.74, 6) is 0.765. The summed E-state index contributed by atoms with van der Waals surface area (Å²) in [6.45, 7) is 5.64. The lowest BCUT2D eigenvalue weighted by Gasteiger charge is -2.18. The molecule has 1 aliphatic rings. The van der Waals surface area contributed by atoms with Crippen molar-refractivity contribution in [2.75, 3.05) is 0 Å². The monoisotopic (exact) mass is 165 g/mol. The van der Waals surface area contributed by atoms with Crippen LogP contribution in [-0.2, 0) is 6.54 Å². The van der Waals surface area contributed by atoms with Gasteiger partial charge in [0.1, 0.15) is 0 Å². The van der Waals surface area contributed by atoms with E-state index in [1.807, 2.05) is 10.9 Å². The van der Waals surface area contributed by atoms with Crippen LogP contribution in [0.3, 0.4) is 0 Å². The van der Waals surface area contributed by atoms with Crippen molar-refractivity contribution in [2.24, 2.45) is 11.3 Å². The highest BCUT2D eigenvalue weighted by atomic mass is 15.4. The van der Waals surface area contributed by atoms with Crippen molar-refractivity contribution in [1.29, 1.82) is 0 Å². The Labute approximate surface area is 72.8 Å². The third-order valence-electron chi connectivity index (χ3n) is 3.07. The molecule has 66 valence electrons. The van der Waals surface area contributed by atoms with Gasteiger partial charge in [0, 0.05) is 12.7 Å². The highest BCUT2D eigenvalue weighted by Crippen LogP contribution is 2.52. The summed E-state index contributed by atoms with van der Waals surface area (Å²) in [5.41, 5.74) is 0.535. The van der Waals surface area contributed by atoms with Crippen molar-refractivity contribution in [2.45, 2.75) is 33.2 Å². The molecule has 1 saturated carbocycles. The van der Waals surface area contributed by atoms with Gasteiger partial charge in [-0.2, -0.15) is 0 Å². The lowest BCUT2D eigenvalue weighted by Crippen LogP contribution is -2.18. The molecule has 3 heteroatoms. The molecule has 0 atom stereocenters. The minimum atomic E-state index is 0.535. The molecule has 0 aromatic carbocycles. The SMILES string of the molecule is CC(C)C1(Cn2ccnn2)CC1. The van der Waals surface area contributed by atoms with E-state index in [1.54, 1.807) is 6.20 Å². The number of aromatic nitrogens is 3. The fourth-order valence-corrected chi connectivity index (χ4v) is 1.72. The lowest BCUT2D eigenvalue weighted by molar-refractivity contribution is 0.292. The Morgan fingerprint density at radius 2 is 2.25 bits per heavy atom. The van der Waals surface area contributed by atoms with Crippen molar-refractivity contribution in [3.8, 4) is 0 Å². The first-order chi connectivity index (χ1) is 5.73. The number of hydrogen-bond donors (Lipinski definition) is 0. The smallest absolute Gasteiger partial charge is 0.0692 e. The second-order valence-corrected chi connectivity index (χ2v) is 4.12. The van der Waals surface area contributed by atoms with Gasteiger partial charge in [-0.15, -0.1) is 5.10 Å². The third kappa shape index (κ3) is 1.24. The Balaban J connectivity index is 2.04. The van der Waals surface area contributed by atoms with Crippen LogP contribution in [0.15, 0.2) is 12.4 Å². The summed E-state index contributed by atoms with van der Waals surface area (Å²) in [5, 5.41) is 7.80. The quantitative estimate of drug-likeness (QED) is 0.682. The molecule has 1 aromatic heterocycles. The van der Waals surface area contributed by atoms with Gasteiger partial charge in [-0.1, -0.05) is 19.1 Å². The molecule has 12 heavy (non-hydrogen) atoms. The molecular formula is C9H15N3. The van der Waals surface area contributed by atoms with Crippen LogP contribution in [-0.4, -0.2) is 15.0 Å². The molecule has 0 unspecified atom stereocenters. The maximum absolute atomic E-state index is 3.99. The van der Waals surface area contributed by atoms with Crippen LogP contribution in [0.25, 0.3) is 0 Å². The molecule has 1 fully saturated rings. The van der Waals surface area contributed by atoms with E-state index in [2.05, 4.69) is 24.2 Å². The summed E-state index contributed by atoms with van der Waals surface area (Å²) in [4.78, 5) is 0. The molecular weight excluding hydrogens is 150 g/mol. The molecule has 0 amide bonds. The Morgan fingerprint density at radius 3 is 2.67 bits per heavy atom. The third-order valence-corrected chi connectivity index (χ3v) is 3.07. The van der Waals surface area contributed by atoms with E-state index in [-0.39, 0.29) is 0 Å². The molecule has 3 nitrogen and oxygen atoms in total. The number of rotatable bonds is 3. The minimum Gasteiger partial charge on any atom is -0.252 e. The van der Waals surface area contributed by atoms with E-state index >= 15 is 0 Å². The first kappa shape index (κ1) is 7.77. The van der Waals surface area contributed by atoms with Gasteiger partial charge in [0.2, 0.25) is 0 Å². The van der Waals surface area contributed by atoms with Crippen molar-refractivity contribution in [1.82, 2.24) is 15.0 Å². The van der Waals surface area contributed by atoms with Crippen molar-refractivity contribution >= 4 is 0 Å². The molecule has 0 radical (unpaired) electrons. The van der Waals surface area contributed by atoms with Gasteiger partial charge < -0.3 is 0 Å². The standard InChI is InChI=1S/C9H15N3/c1-8(2)9(3-4-9)7-12-6-5-10-11-12/h5-6,8H,3-4,7H2,1-2H3. The Bertz CT molecular complexity index is 247. The predicted molar refractivity (Wildman–Crippen MR) is 46.5 cm³/mol. The molecule has 2 rings (SSSR count). The van der Waals surface area contributed by atoms with Crippen LogP contribution < -0.4 is 0 Å². The van der Waals surface area contributed by atoms with Gasteiger partial charge in [0.25, 0.3) is 0 Å². The van der Waals surface area contributed by atoms with Crippen molar-refractivity contribution in [3.05, 3.63) is 12.4 Å². The highest BCUT2D eigenvalue weighted by Gasteiger charge is 2.45. The first-order valence-corrected chi connectivity index (χ1v) is 4.57. The summed E-state index contributed by atoms with van der Waals surface area (Å²) >= 11 is 0. The largest absolute Gasteiger partial charge is 0.252 e. The van der Waals surface area contributed by atoms with E-state index in [0.717, 1.165) is 12.5 Å². The molecule has 1 aromatic rings. The zero-order valence-corrected chi connectivity index (χ0v) is 7.70. The average molecular weight is 165 g/mol. The second-order valence-electron chi connectivity index (χ2n) is 4.12. The van der Waals surface area contributed by atoms with Crippen LogP contribution >= 0.6 is 0 Å².